The maximum atomic E-state index is 12.7. The molecule has 2 aliphatic rings. The molecule has 2 heterocycles. The molecular formula is C20H20N2O3S. The Balaban J connectivity index is 1.87. The Hall–Kier alpha value is -2.47. The van der Waals surface area contributed by atoms with Crippen molar-refractivity contribution in [3.63, 3.8) is 0 Å². The van der Waals surface area contributed by atoms with Gasteiger partial charge in [-0.2, -0.15) is 0 Å². The van der Waals surface area contributed by atoms with Crippen molar-refractivity contribution in [2.75, 3.05) is 18.2 Å². The second-order valence-corrected chi connectivity index (χ2v) is 7.30. The molecular weight excluding hydrogens is 348 g/mol. The summed E-state index contributed by atoms with van der Waals surface area (Å²) in [4.78, 5) is 29.4. The van der Waals surface area contributed by atoms with Crippen LogP contribution in [-0.4, -0.2) is 29.7 Å². The minimum absolute atomic E-state index is 0.0777. The number of esters is 1. The molecule has 0 saturated carbocycles. The molecule has 0 radical (unpaired) electrons. The van der Waals surface area contributed by atoms with Gasteiger partial charge >= 0.3 is 5.97 Å². The molecule has 26 heavy (non-hydrogen) atoms. The largest absolute Gasteiger partial charge is 0.462 e. The Bertz CT molecular complexity index is 972. The molecule has 0 fully saturated rings. The zero-order valence-corrected chi connectivity index (χ0v) is 15.8. The molecule has 1 aromatic heterocycles. The molecule has 5 nitrogen and oxygen atoms in total. The van der Waals surface area contributed by atoms with E-state index in [-0.39, 0.29) is 11.9 Å². The highest BCUT2D eigenvalue weighted by Gasteiger charge is 2.34. The number of carbonyl (C=O) groups excluding carboxylic acids is 2. The number of amides is 1. The Labute approximate surface area is 156 Å². The van der Waals surface area contributed by atoms with Gasteiger partial charge in [0.1, 0.15) is 0 Å². The Morgan fingerprint density at radius 1 is 1.31 bits per heavy atom. The summed E-state index contributed by atoms with van der Waals surface area (Å²) in [6.07, 6.45) is 3.49. The van der Waals surface area contributed by atoms with Crippen LogP contribution in [0.2, 0.25) is 0 Å². The first-order chi connectivity index (χ1) is 12.5. The van der Waals surface area contributed by atoms with Crippen LogP contribution in [0.4, 0.5) is 5.69 Å². The summed E-state index contributed by atoms with van der Waals surface area (Å²) in [6, 6.07) is 6.02. The van der Waals surface area contributed by atoms with E-state index >= 15 is 0 Å². The molecule has 1 amide bonds. The lowest BCUT2D eigenvalue weighted by Crippen LogP contribution is -2.07. The SMILES string of the molecule is CCOC(=O)c1c(C)[nH]c2c1CC/C2=C1/C(=O)Nc2ccc(SC)cc21. The molecule has 0 spiro atoms. The van der Waals surface area contributed by atoms with Crippen LogP contribution >= 0.6 is 11.8 Å². The quantitative estimate of drug-likeness (QED) is 0.487. The lowest BCUT2D eigenvalue weighted by molar-refractivity contribution is -0.110. The number of benzene rings is 1. The van der Waals surface area contributed by atoms with Crippen molar-refractivity contribution in [2.24, 2.45) is 0 Å². The van der Waals surface area contributed by atoms with Gasteiger partial charge in [0.2, 0.25) is 0 Å². The zero-order valence-electron chi connectivity index (χ0n) is 15.0. The minimum Gasteiger partial charge on any atom is -0.462 e. The minimum atomic E-state index is -0.297. The third kappa shape index (κ3) is 2.48. The number of thioether (sulfide) groups is 1. The molecule has 134 valence electrons. The van der Waals surface area contributed by atoms with Gasteiger partial charge in [-0.3, -0.25) is 4.79 Å². The molecule has 2 N–H and O–H groups in total. The van der Waals surface area contributed by atoms with Crippen LogP contribution in [0.5, 0.6) is 0 Å². The first kappa shape index (κ1) is 17.0. The van der Waals surface area contributed by atoms with Gasteiger partial charge in [-0.1, -0.05) is 0 Å². The van der Waals surface area contributed by atoms with Gasteiger partial charge in [0.05, 0.1) is 17.7 Å². The smallest absolute Gasteiger partial charge is 0.340 e. The molecule has 4 rings (SSSR count). The van der Waals surface area contributed by atoms with E-state index in [2.05, 4.69) is 16.4 Å². The number of fused-ring (bicyclic) bond motifs is 2. The number of H-pyrrole nitrogens is 1. The number of aromatic amines is 1. The van der Waals surface area contributed by atoms with Crippen LogP contribution in [0.25, 0.3) is 11.1 Å². The highest BCUT2D eigenvalue weighted by molar-refractivity contribution is 7.98. The summed E-state index contributed by atoms with van der Waals surface area (Å²) < 4.78 is 5.20. The van der Waals surface area contributed by atoms with Crippen molar-refractivity contribution in [1.29, 1.82) is 0 Å². The standard InChI is InChI=1S/C20H20N2O3S/c1-4-25-20(24)16-10(2)21-18-12(16)6-7-13(18)17-14-9-11(26-3)5-8-15(14)22-19(17)23/h5,8-9,21H,4,6-7H2,1-3H3,(H,22,23)/b17-13-. The summed E-state index contributed by atoms with van der Waals surface area (Å²) in [6.45, 7) is 4.03. The first-order valence-corrected chi connectivity index (χ1v) is 9.89. The number of allylic oxidation sites excluding steroid dienone is 1. The molecule has 0 atom stereocenters. The predicted molar refractivity (Wildman–Crippen MR) is 103 cm³/mol. The lowest BCUT2D eigenvalue weighted by atomic mass is 9.99. The maximum Gasteiger partial charge on any atom is 0.340 e. The lowest BCUT2D eigenvalue weighted by Gasteiger charge is -2.05. The van der Waals surface area contributed by atoms with E-state index in [0.29, 0.717) is 17.7 Å². The molecule has 0 unspecified atom stereocenters. The molecule has 2 aromatic rings. The number of aromatic nitrogens is 1. The average molecular weight is 368 g/mol. The van der Waals surface area contributed by atoms with Gasteiger partial charge < -0.3 is 15.0 Å². The number of ether oxygens (including phenoxy) is 1. The van der Waals surface area contributed by atoms with Crippen molar-refractivity contribution >= 4 is 40.5 Å². The fourth-order valence-electron chi connectivity index (χ4n) is 3.86. The topological polar surface area (TPSA) is 71.2 Å². The van der Waals surface area contributed by atoms with E-state index in [1.807, 2.05) is 25.3 Å². The normalized spacial score (nSPS) is 17.9. The van der Waals surface area contributed by atoms with Crippen LogP contribution < -0.4 is 5.32 Å². The van der Waals surface area contributed by atoms with E-state index in [9.17, 15) is 9.59 Å². The first-order valence-electron chi connectivity index (χ1n) is 8.67. The highest BCUT2D eigenvalue weighted by atomic mass is 32.2. The third-order valence-electron chi connectivity index (χ3n) is 4.97. The van der Waals surface area contributed by atoms with E-state index in [4.69, 9.17) is 4.74 Å². The number of anilines is 1. The van der Waals surface area contributed by atoms with Gasteiger partial charge in [-0.25, -0.2) is 4.79 Å². The van der Waals surface area contributed by atoms with Gasteiger partial charge in [0.15, 0.2) is 0 Å². The molecule has 1 aliphatic heterocycles. The second-order valence-electron chi connectivity index (χ2n) is 6.42. The monoisotopic (exact) mass is 368 g/mol. The van der Waals surface area contributed by atoms with Crippen molar-refractivity contribution in [1.82, 2.24) is 4.98 Å². The van der Waals surface area contributed by atoms with Crippen molar-refractivity contribution < 1.29 is 14.3 Å². The predicted octanol–water partition coefficient (Wildman–Crippen LogP) is 4.03. The fraction of sp³-hybridized carbons (Fsp3) is 0.300. The number of hydrogen-bond acceptors (Lipinski definition) is 4. The van der Waals surface area contributed by atoms with Gasteiger partial charge in [0.25, 0.3) is 5.91 Å². The van der Waals surface area contributed by atoms with Crippen LogP contribution in [0.1, 0.15) is 46.2 Å². The number of aryl methyl sites for hydroxylation is 1. The van der Waals surface area contributed by atoms with Gasteiger partial charge in [-0.15, -0.1) is 11.8 Å². The highest BCUT2D eigenvalue weighted by Crippen LogP contribution is 2.44. The molecule has 1 aliphatic carbocycles. The Morgan fingerprint density at radius 2 is 2.12 bits per heavy atom. The maximum absolute atomic E-state index is 12.7. The van der Waals surface area contributed by atoms with Crippen molar-refractivity contribution in [2.45, 2.75) is 31.6 Å². The van der Waals surface area contributed by atoms with E-state index < -0.39 is 0 Å². The molecule has 0 bridgehead atoms. The van der Waals surface area contributed by atoms with Gasteiger partial charge in [-0.05, 0) is 62.3 Å². The average Bonchev–Trinajstić information content (AvgIpc) is 3.24. The molecule has 1 aromatic carbocycles. The molecule has 0 saturated heterocycles. The summed E-state index contributed by atoms with van der Waals surface area (Å²) in [5.74, 6) is -0.374. The van der Waals surface area contributed by atoms with Crippen LogP contribution in [0.3, 0.4) is 0 Å². The van der Waals surface area contributed by atoms with Crippen molar-refractivity contribution in [3.05, 3.63) is 46.3 Å². The number of hydrogen-bond donors (Lipinski definition) is 2. The number of rotatable bonds is 3. The Morgan fingerprint density at radius 3 is 2.85 bits per heavy atom. The third-order valence-corrected chi connectivity index (χ3v) is 5.70. The fourth-order valence-corrected chi connectivity index (χ4v) is 4.30. The zero-order chi connectivity index (χ0) is 18.4. The van der Waals surface area contributed by atoms with Crippen LogP contribution in [0.15, 0.2) is 23.1 Å². The number of carbonyl (C=O) groups is 2. The summed E-state index contributed by atoms with van der Waals surface area (Å²) in [5.41, 5.74) is 6.76. The number of nitrogens with one attached hydrogen (secondary N) is 2. The van der Waals surface area contributed by atoms with E-state index in [0.717, 1.165) is 51.5 Å². The summed E-state index contributed by atoms with van der Waals surface area (Å²) in [5, 5.41) is 2.96. The van der Waals surface area contributed by atoms with E-state index in [1.54, 1.807) is 18.7 Å². The van der Waals surface area contributed by atoms with Crippen LogP contribution in [-0.2, 0) is 16.0 Å². The molecule has 6 heteroatoms. The van der Waals surface area contributed by atoms with Crippen molar-refractivity contribution in [3.8, 4) is 0 Å². The van der Waals surface area contributed by atoms with Crippen LogP contribution in [0, 0.1) is 6.92 Å². The second kappa shape index (κ2) is 6.36. The van der Waals surface area contributed by atoms with E-state index in [1.165, 1.54) is 0 Å². The summed E-state index contributed by atoms with van der Waals surface area (Å²) in [7, 11) is 0. The Kier molecular flexibility index (Phi) is 4.15. The van der Waals surface area contributed by atoms with Gasteiger partial charge in [0, 0.05) is 27.5 Å². The summed E-state index contributed by atoms with van der Waals surface area (Å²) >= 11 is 1.65.